The van der Waals surface area contributed by atoms with E-state index >= 15 is 0 Å². The molecule has 3 rings (SSSR count). The average molecular weight is 418 g/mol. The Kier molecular flexibility index (Phi) is 6.72. The number of aromatic nitrogens is 2. The first-order valence-electron chi connectivity index (χ1n) is 8.30. The van der Waals surface area contributed by atoms with Crippen LogP contribution in [0.3, 0.4) is 0 Å². The van der Waals surface area contributed by atoms with E-state index in [-0.39, 0.29) is 5.91 Å². The standard InChI is InChI=1S/C20H17Cl2N3OS/c1-13-23-18(14-5-3-2-4-6-14)12-20(24-13)27-10-9-19(26)25-15-7-8-16(21)17(22)11-15/h2-8,11-12H,9-10H2,1H3,(H,25,26). The lowest BCUT2D eigenvalue weighted by Crippen LogP contribution is -2.12. The summed E-state index contributed by atoms with van der Waals surface area (Å²) in [5.41, 5.74) is 2.55. The summed E-state index contributed by atoms with van der Waals surface area (Å²) in [5.74, 6) is 1.23. The first-order chi connectivity index (χ1) is 13.0. The Morgan fingerprint density at radius 2 is 1.81 bits per heavy atom. The van der Waals surface area contributed by atoms with Crippen LogP contribution in [0.4, 0.5) is 5.69 Å². The van der Waals surface area contributed by atoms with E-state index in [1.807, 2.05) is 43.3 Å². The first-order valence-corrected chi connectivity index (χ1v) is 10.0. The van der Waals surface area contributed by atoms with Gasteiger partial charge in [-0.3, -0.25) is 4.79 Å². The predicted molar refractivity (Wildman–Crippen MR) is 113 cm³/mol. The van der Waals surface area contributed by atoms with Crippen molar-refractivity contribution >= 4 is 46.6 Å². The van der Waals surface area contributed by atoms with Crippen molar-refractivity contribution in [1.82, 2.24) is 9.97 Å². The van der Waals surface area contributed by atoms with Crippen LogP contribution >= 0.6 is 35.0 Å². The molecule has 0 atom stereocenters. The third-order valence-electron chi connectivity index (χ3n) is 3.67. The van der Waals surface area contributed by atoms with E-state index in [4.69, 9.17) is 23.2 Å². The SMILES string of the molecule is Cc1nc(SCCC(=O)Nc2ccc(Cl)c(Cl)c2)cc(-c2ccccc2)n1. The fourth-order valence-electron chi connectivity index (χ4n) is 2.42. The molecular weight excluding hydrogens is 401 g/mol. The fourth-order valence-corrected chi connectivity index (χ4v) is 3.60. The van der Waals surface area contributed by atoms with Gasteiger partial charge in [0.15, 0.2) is 0 Å². The van der Waals surface area contributed by atoms with Crippen LogP contribution in [-0.2, 0) is 4.79 Å². The summed E-state index contributed by atoms with van der Waals surface area (Å²) in [4.78, 5) is 21.1. The number of nitrogens with one attached hydrogen (secondary N) is 1. The van der Waals surface area contributed by atoms with Gasteiger partial charge < -0.3 is 5.32 Å². The van der Waals surface area contributed by atoms with Crippen LogP contribution in [0.2, 0.25) is 10.0 Å². The number of aryl methyl sites for hydroxylation is 1. The van der Waals surface area contributed by atoms with Crippen molar-refractivity contribution in [1.29, 1.82) is 0 Å². The van der Waals surface area contributed by atoms with Gasteiger partial charge in [0.2, 0.25) is 5.91 Å². The molecule has 4 nitrogen and oxygen atoms in total. The highest BCUT2D eigenvalue weighted by molar-refractivity contribution is 7.99. The zero-order chi connectivity index (χ0) is 19.2. The second kappa shape index (κ2) is 9.22. The lowest BCUT2D eigenvalue weighted by molar-refractivity contribution is -0.115. The van der Waals surface area contributed by atoms with E-state index in [9.17, 15) is 4.79 Å². The highest BCUT2D eigenvalue weighted by atomic mass is 35.5. The van der Waals surface area contributed by atoms with Gasteiger partial charge in [0.25, 0.3) is 0 Å². The van der Waals surface area contributed by atoms with Crippen molar-refractivity contribution in [2.24, 2.45) is 0 Å². The minimum atomic E-state index is -0.0880. The van der Waals surface area contributed by atoms with Gasteiger partial charge in [-0.25, -0.2) is 9.97 Å². The first kappa shape index (κ1) is 19.7. The smallest absolute Gasteiger partial charge is 0.225 e. The highest BCUT2D eigenvalue weighted by Gasteiger charge is 2.08. The lowest BCUT2D eigenvalue weighted by Gasteiger charge is -2.08. The van der Waals surface area contributed by atoms with Gasteiger partial charge in [0.05, 0.1) is 15.7 Å². The number of rotatable bonds is 6. The number of nitrogens with zero attached hydrogens (tertiary/aromatic N) is 2. The molecule has 7 heteroatoms. The minimum Gasteiger partial charge on any atom is -0.326 e. The van der Waals surface area contributed by atoms with Gasteiger partial charge in [-0.2, -0.15) is 0 Å². The largest absolute Gasteiger partial charge is 0.326 e. The zero-order valence-electron chi connectivity index (χ0n) is 14.6. The Labute approximate surface area is 172 Å². The van der Waals surface area contributed by atoms with E-state index in [0.717, 1.165) is 16.3 Å². The molecule has 0 spiro atoms. The maximum absolute atomic E-state index is 12.1. The molecule has 0 aliphatic carbocycles. The fraction of sp³-hybridized carbons (Fsp3) is 0.150. The monoisotopic (exact) mass is 417 g/mol. The summed E-state index contributed by atoms with van der Waals surface area (Å²) in [6.45, 7) is 1.87. The van der Waals surface area contributed by atoms with Crippen LogP contribution in [0.15, 0.2) is 59.6 Å². The van der Waals surface area contributed by atoms with Crippen LogP contribution in [-0.4, -0.2) is 21.6 Å². The van der Waals surface area contributed by atoms with Crippen molar-refractivity contribution < 1.29 is 4.79 Å². The molecule has 138 valence electrons. The number of carbonyl (C=O) groups excluding carboxylic acids is 1. The van der Waals surface area contributed by atoms with E-state index in [0.29, 0.717) is 33.7 Å². The number of benzene rings is 2. The summed E-state index contributed by atoms with van der Waals surface area (Å²) in [5, 5.41) is 4.54. The van der Waals surface area contributed by atoms with E-state index in [1.165, 1.54) is 11.8 Å². The Morgan fingerprint density at radius 3 is 2.56 bits per heavy atom. The van der Waals surface area contributed by atoms with Crippen molar-refractivity contribution in [3.05, 3.63) is 70.5 Å². The number of thioether (sulfide) groups is 1. The van der Waals surface area contributed by atoms with Gasteiger partial charge in [0, 0.05) is 23.4 Å². The molecule has 0 saturated heterocycles. The number of anilines is 1. The number of hydrogen-bond donors (Lipinski definition) is 1. The average Bonchev–Trinajstić information content (AvgIpc) is 2.65. The van der Waals surface area contributed by atoms with E-state index in [1.54, 1.807) is 18.2 Å². The molecular formula is C20H17Cl2N3OS. The van der Waals surface area contributed by atoms with E-state index < -0.39 is 0 Å². The Hall–Kier alpha value is -2.08. The third kappa shape index (κ3) is 5.70. The van der Waals surface area contributed by atoms with Gasteiger partial charge >= 0.3 is 0 Å². The molecule has 0 fully saturated rings. The number of amides is 1. The molecule has 0 saturated carbocycles. The zero-order valence-corrected chi connectivity index (χ0v) is 16.9. The number of halogens is 2. The molecule has 0 radical (unpaired) electrons. The topological polar surface area (TPSA) is 54.9 Å². The second-order valence-electron chi connectivity index (χ2n) is 5.78. The predicted octanol–water partition coefficient (Wildman–Crippen LogP) is 5.88. The Bertz CT molecular complexity index is 951. The molecule has 1 heterocycles. The van der Waals surface area contributed by atoms with Crippen LogP contribution < -0.4 is 5.32 Å². The van der Waals surface area contributed by atoms with Crippen LogP contribution in [0.5, 0.6) is 0 Å². The number of carbonyl (C=O) groups is 1. The maximum atomic E-state index is 12.1. The van der Waals surface area contributed by atoms with Crippen molar-refractivity contribution in [2.75, 3.05) is 11.1 Å². The van der Waals surface area contributed by atoms with Crippen LogP contribution in [0.1, 0.15) is 12.2 Å². The van der Waals surface area contributed by atoms with Crippen LogP contribution in [0, 0.1) is 6.92 Å². The minimum absolute atomic E-state index is 0.0880. The quantitative estimate of drug-likeness (QED) is 0.401. The van der Waals surface area contributed by atoms with Gasteiger partial charge in [-0.15, -0.1) is 11.8 Å². The Balaban J connectivity index is 1.57. The summed E-state index contributed by atoms with van der Waals surface area (Å²) < 4.78 is 0. The molecule has 2 aromatic carbocycles. The molecule has 1 aromatic heterocycles. The maximum Gasteiger partial charge on any atom is 0.225 e. The summed E-state index contributed by atoms with van der Waals surface area (Å²) in [6, 6.07) is 16.9. The molecule has 1 N–H and O–H groups in total. The summed E-state index contributed by atoms with van der Waals surface area (Å²) in [7, 11) is 0. The normalized spacial score (nSPS) is 10.6. The summed E-state index contributed by atoms with van der Waals surface area (Å²) >= 11 is 13.4. The molecule has 3 aromatic rings. The van der Waals surface area contributed by atoms with Gasteiger partial charge in [0.1, 0.15) is 10.9 Å². The van der Waals surface area contributed by atoms with Crippen molar-refractivity contribution in [3.63, 3.8) is 0 Å². The Morgan fingerprint density at radius 1 is 1.04 bits per heavy atom. The molecule has 0 unspecified atom stereocenters. The molecule has 0 bridgehead atoms. The molecule has 0 aliphatic heterocycles. The van der Waals surface area contributed by atoms with Gasteiger partial charge in [-0.1, -0.05) is 53.5 Å². The van der Waals surface area contributed by atoms with Gasteiger partial charge in [-0.05, 0) is 31.2 Å². The molecule has 1 amide bonds. The van der Waals surface area contributed by atoms with Crippen molar-refractivity contribution in [3.8, 4) is 11.3 Å². The van der Waals surface area contributed by atoms with E-state index in [2.05, 4.69) is 15.3 Å². The molecule has 0 aliphatic rings. The second-order valence-corrected chi connectivity index (χ2v) is 7.71. The highest BCUT2D eigenvalue weighted by Crippen LogP contribution is 2.26. The lowest BCUT2D eigenvalue weighted by atomic mass is 10.1. The summed E-state index contributed by atoms with van der Waals surface area (Å²) in [6.07, 6.45) is 0.356. The third-order valence-corrected chi connectivity index (χ3v) is 5.32. The molecule has 27 heavy (non-hydrogen) atoms. The number of hydrogen-bond acceptors (Lipinski definition) is 4. The van der Waals surface area contributed by atoms with Crippen LogP contribution in [0.25, 0.3) is 11.3 Å². The van der Waals surface area contributed by atoms with Crippen molar-refractivity contribution in [2.45, 2.75) is 18.4 Å².